The van der Waals surface area contributed by atoms with E-state index in [0.29, 0.717) is 25.9 Å². The number of carboxylic acids is 1. The standard InChI is InChI=1S/C13H23NO4/c1-5-6-13(11(16)17)7-8-14(9-13)10(15)12(2,3)18-4/h5-9H2,1-4H3,(H,16,17). The van der Waals surface area contributed by atoms with Crippen LogP contribution in [0.2, 0.25) is 0 Å². The molecular formula is C13H23NO4. The molecular weight excluding hydrogens is 234 g/mol. The van der Waals surface area contributed by atoms with Gasteiger partial charge in [0.25, 0.3) is 5.91 Å². The van der Waals surface area contributed by atoms with Crippen molar-refractivity contribution in [1.82, 2.24) is 4.90 Å². The van der Waals surface area contributed by atoms with Gasteiger partial charge in [-0.15, -0.1) is 0 Å². The number of carbonyl (C=O) groups is 2. The fourth-order valence-corrected chi connectivity index (χ4v) is 2.48. The minimum atomic E-state index is -0.888. The summed E-state index contributed by atoms with van der Waals surface area (Å²) in [6.45, 7) is 6.17. The van der Waals surface area contributed by atoms with Crippen LogP contribution >= 0.6 is 0 Å². The quantitative estimate of drug-likeness (QED) is 0.810. The fraction of sp³-hybridized carbons (Fsp3) is 0.846. The molecule has 5 heteroatoms. The van der Waals surface area contributed by atoms with E-state index in [2.05, 4.69) is 0 Å². The van der Waals surface area contributed by atoms with Gasteiger partial charge in [-0.05, 0) is 26.7 Å². The predicted octanol–water partition coefficient (Wildman–Crippen LogP) is 1.51. The summed E-state index contributed by atoms with van der Waals surface area (Å²) in [5, 5.41) is 9.39. The molecule has 0 saturated carbocycles. The van der Waals surface area contributed by atoms with Gasteiger partial charge in [0, 0.05) is 20.2 Å². The molecule has 1 N–H and O–H groups in total. The van der Waals surface area contributed by atoms with E-state index in [4.69, 9.17) is 4.74 Å². The summed E-state index contributed by atoms with van der Waals surface area (Å²) in [7, 11) is 1.49. The Morgan fingerprint density at radius 2 is 2.06 bits per heavy atom. The number of aliphatic carboxylic acids is 1. The van der Waals surface area contributed by atoms with Crippen LogP contribution in [0, 0.1) is 5.41 Å². The van der Waals surface area contributed by atoms with Crippen LogP contribution in [0.3, 0.4) is 0 Å². The second kappa shape index (κ2) is 5.26. The molecule has 1 aliphatic rings. The average molecular weight is 257 g/mol. The number of hydrogen-bond donors (Lipinski definition) is 1. The van der Waals surface area contributed by atoms with Crippen LogP contribution < -0.4 is 0 Å². The third-order valence-corrected chi connectivity index (χ3v) is 3.85. The highest BCUT2D eigenvalue weighted by Gasteiger charge is 2.47. The lowest BCUT2D eigenvalue weighted by Crippen LogP contribution is -2.47. The predicted molar refractivity (Wildman–Crippen MR) is 67.3 cm³/mol. The number of hydrogen-bond acceptors (Lipinski definition) is 3. The first-order chi connectivity index (χ1) is 8.29. The number of methoxy groups -OCH3 is 1. The Bertz CT molecular complexity index is 340. The van der Waals surface area contributed by atoms with Crippen LogP contribution in [0.1, 0.15) is 40.0 Å². The van der Waals surface area contributed by atoms with Crippen LogP contribution in [0.5, 0.6) is 0 Å². The number of likely N-dealkylation sites (tertiary alicyclic amines) is 1. The molecule has 1 saturated heterocycles. The molecule has 0 bridgehead atoms. The van der Waals surface area contributed by atoms with Crippen LogP contribution in [0.25, 0.3) is 0 Å². The number of nitrogens with zero attached hydrogens (tertiary/aromatic N) is 1. The summed E-state index contributed by atoms with van der Waals surface area (Å²) < 4.78 is 5.16. The van der Waals surface area contributed by atoms with Crippen molar-refractivity contribution in [2.24, 2.45) is 5.41 Å². The van der Waals surface area contributed by atoms with Gasteiger partial charge < -0.3 is 14.7 Å². The van der Waals surface area contributed by atoms with E-state index in [-0.39, 0.29) is 5.91 Å². The smallest absolute Gasteiger partial charge is 0.311 e. The Morgan fingerprint density at radius 3 is 2.50 bits per heavy atom. The Balaban J connectivity index is 2.81. The Morgan fingerprint density at radius 1 is 1.44 bits per heavy atom. The zero-order chi connectivity index (χ0) is 14.0. The summed E-state index contributed by atoms with van der Waals surface area (Å²) >= 11 is 0. The zero-order valence-electron chi connectivity index (χ0n) is 11.7. The Hall–Kier alpha value is -1.10. The van der Waals surface area contributed by atoms with Crippen molar-refractivity contribution in [1.29, 1.82) is 0 Å². The molecule has 1 rings (SSSR count). The molecule has 18 heavy (non-hydrogen) atoms. The second-order valence-electron chi connectivity index (χ2n) is 5.53. The molecule has 0 radical (unpaired) electrons. The van der Waals surface area contributed by atoms with Crippen molar-refractivity contribution in [3.8, 4) is 0 Å². The van der Waals surface area contributed by atoms with Crippen molar-refractivity contribution in [3.05, 3.63) is 0 Å². The molecule has 1 heterocycles. The van der Waals surface area contributed by atoms with Crippen LogP contribution in [-0.4, -0.2) is 47.7 Å². The molecule has 1 aliphatic heterocycles. The van der Waals surface area contributed by atoms with Gasteiger partial charge in [-0.3, -0.25) is 9.59 Å². The van der Waals surface area contributed by atoms with E-state index in [9.17, 15) is 14.7 Å². The number of carboxylic acid groups (broad SMARTS) is 1. The molecule has 0 spiro atoms. The molecule has 1 unspecified atom stereocenters. The maximum Gasteiger partial charge on any atom is 0.311 e. The minimum Gasteiger partial charge on any atom is -0.481 e. The van der Waals surface area contributed by atoms with Gasteiger partial charge in [0.1, 0.15) is 5.60 Å². The largest absolute Gasteiger partial charge is 0.481 e. The molecule has 0 aliphatic carbocycles. The van der Waals surface area contributed by atoms with Gasteiger partial charge in [0.05, 0.1) is 5.41 Å². The molecule has 0 aromatic rings. The zero-order valence-corrected chi connectivity index (χ0v) is 11.7. The third kappa shape index (κ3) is 2.66. The SMILES string of the molecule is CCCC1(C(=O)O)CCN(C(=O)C(C)(C)OC)C1. The Kier molecular flexibility index (Phi) is 4.37. The number of carbonyl (C=O) groups excluding carboxylic acids is 1. The number of amides is 1. The van der Waals surface area contributed by atoms with Crippen LogP contribution in [0.15, 0.2) is 0 Å². The summed E-state index contributed by atoms with van der Waals surface area (Å²) in [5.74, 6) is -0.931. The van der Waals surface area contributed by atoms with Crippen molar-refractivity contribution < 1.29 is 19.4 Å². The second-order valence-corrected chi connectivity index (χ2v) is 5.53. The van der Waals surface area contributed by atoms with Crippen molar-refractivity contribution in [2.45, 2.75) is 45.6 Å². The van der Waals surface area contributed by atoms with Crippen molar-refractivity contribution in [2.75, 3.05) is 20.2 Å². The maximum atomic E-state index is 12.2. The highest BCUT2D eigenvalue weighted by atomic mass is 16.5. The topological polar surface area (TPSA) is 66.8 Å². The first-order valence-corrected chi connectivity index (χ1v) is 6.37. The van der Waals surface area contributed by atoms with Gasteiger partial charge >= 0.3 is 5.97 Å². The Labute approximate surface area is 108 Å². The third-order valence-electron chi connectivity index (χ3n) is 3.85. The minimum absolute atomic E-state index is 0.135. The highest BCUT2D eigenvalue weighted by Crippen LogP contribution is 2.36. The van der Waals surface area contributed by atoms with E-state index in [1.54, 1.807) is 18.7 Å². The molecule has 1 atom stereocenters. The lowest BCUT2D eigenvalue weighted by atomic mass is 9.83. The van der Waals surface area contributed by atoms with Gasteiger partial charge in [0.15, 0.2) is 0 Å². The maximum absolute atomic E-state index is 12.2. The number of ether oxygens (including phenoxy) is 1. The van der Waals surface area contributed by atoms with E-state index in [1.807, 2.05) is 6.92 Å². The molecule has 5 nitrogen and oxygen atoms in total. The first-order valence-electron chi connectivity index (χ1n) is 6.37. The van der Waals surface area contributed by atoms with Crippen molar-refractivity contribution in [3.63, 3.8) is 0 Å². The molecule has 1 amide bonds. The van der Waals surface area contributed by atoms with Crippen LogP contribution in [-0.2, 0) is 14.3 Å². The lowest BCUT2D eigenvalue weighted by molar-refractivity contribution is -0.153. The monoisotopic (exact) mass is 257 g/mol. The first kappa shape index (κ1) is 15.0. The summed E-state index contributed by atoms with van der Waals surface area (Å²) in [6.07, 6.45) is 1.95. The van der Waals surface area contributed by atoms with E-state index >= 15 is 0 Å². The molecule has 0 aromatic heterocycles. The van der Waals surface area contributed by atoms with Crippen molar-refractivity contribution >= 4 is 11.9 Å². The summed E-state index contributed by atoms with van der Waals surface area (Å²) in [4.78, 5) is 25.3. The van der Waals surface area contributed by atoms with Gasteiger partial charge in [-0.1, -0.05) is 13.3 Å². The average Bonchev–Trinajstić information content (AvgIpc) is 2.74. The molecule has 104 valence electrons. The van der Waals surface area contributed by atoms with E-state index in [1.165, 1.54) is 7.11 Å². The van der Waals surface area contributed by atoms with E-state index < -0.39 is 17.0 Å². The molecule has 1 fully saturated rings. The van der Waals surface area contributed by atoms with Gasteiger partial charge in [-0.25, -0.2) is 0 Å². The normalized spacial score (nSPS) is 24.3. The van der Waals surface area contributed by atoms with E-state index in [0.717, 1.165) is 6.42 Å². The number of rotatable bonds is 5. The van der Waals surface area contributed by atoms with Gasteiger partial charge in [-0.2, -0.15) is 0 Å². The fourth-order valence-electron chi connectivity index (χ4n) is 2.48. The lowest BCUT2D eigenvalue weighted by Gasteiger charge is -2.29. The van der Waals surface area contributed by atoms with Gasteiger partial charge in [0.2, 0.25) is 0 Å². The highest BCUT2D eigenvalue weighted by molar-refractivity contribution is 5.86. The molecule has 0 aromatic carbocycles. The summed E-state index contributed by atoms with van der Waals surface area (Å²) in [5.41, 5.74) is -1.66. The van der Waals surface area contributed by atoms with Crippen LogP contribution in [0.4, 0.5) is 0 Å². The summed E-state index contributed by atoms with van der Waals surface area (Å²) in [6, 6.07) is 0.